The molecule has 88 valence electrons. The molecule has 1 aliphatic rings. The number of ether oxygens (including phenoxy) is 1. The van der Waals surface area contributed by atoms with Crippen LogP contribution in [0.5, 0.6) is 0 Å². The van der Waals surface area contributed by atoms with Crippen molar-refractivity contribution in [3.63, 3.8) is 0 Å². The summed E-state index contributed by atoms with van der Waals surface area (Å²) >= 11 is 0. The van der Waals surface area contributed by atoms with Gasteiger partial charge < -0.3 is 10.1 Å². The molecule has 5 nitrogen and oxygen atoms in total. The first-order chi connectivity index (χ1) is 7.77. The molecule has 0 aromatic carbocycles. The van der Waals surface area contributed by atoms with Crippen molar-refractivity contribution < 1.29 is 9.53 Å². The van der Waals surface area contributed by atoms with Crippen molar-refractivity contribution in [3.8, 4) is 0 Å². The summed E-state index contributed by atoms with van der Waals surface area (Å²) < 4.78 is 6.93. The molecule has 16 heavy (non-hydrogen) atoms. The zero-order chi connectivity index (χ0) is 11.5. The molecule has 0 saturated carbocycles. The Morgan fingerprint density at radius 3 is 3.06 bits per heavy atom. The van der Waals surface area contributed by atoms with Crippen molar-refractivity contribution in [2.45, 2.75) is 33.2 Å². The Kier molecular flexibility index (Phi) is 3.12. The van der Waals surface area contributed by atoms with Gasteiger partial charge in [0.1, 0.15) is 11.4 Å². The fourth-order valence-electron chi connectivity index (χ4n) is 1.95. The van der Waals surface area contributed by atoms with Crippen LogP contribution in [0, 0.1) is 0 Å². The van der Waals surface area contributed by atoms with Crippen LogP contribution in [-0.2, 0) is 17.7 Å². The first-order valence-corrected chi connectivity index (χ1v) is 5.78. The lowest BCUT2D eigenvalue weighted by Gasteiger charge is -2.16. The Balaban J connectivity index is 2.40. The Hall–Kier alpha value is -1.52. The van der Waals surface area contributed by atoms with Crippen LogP contribution in [-0.4, -0.2) is 28.9 Å². The SMILES string of the molecule is CCOC(=O)c1c(CC)nn2c1NCCC2. The van der Waals surface area contributed by atoms with Crippen LogP contribution in [0.2, 0.25) is 0 Å². The average Bonchev–Trinajstić information content (AvgIpc) is 2.67. The van der Waals surface area contributed by atoms with Crippen molar-refractivity contribution in [2.75, 3.05) is 18.5 Å². The summed E-state index contributed by atoms with van der Waals surface area (Å²) in [4.78, 5) is 11.8. The Morgan fingerprint density at radius 2 is 2.38 bits per heavy atom. The molecule has 1 N–H and O–H groups in total. The number of rotatable bonds is 3. The van der Waals surface area contributed by atoms with Crippen LogP contribution in [0.4, 0.5) is 5.82 Å². The van der Waals surface area contributed by atoms with E-state index >= 15 is 0 Å². The third-order valence-electron chi connectivity index (χ3n) is 2.68. The normalized spacial score (nSPS) is 14.1. The van der Waals surface area contributed by atoms with Crippen molar-refractivity contribution in [1.82, 2.24) is 9.78 Å². The largest absolute Gasteiger partial charge is 0.462 e. The van der Waals surface area contributed by atoms with Crippen LogP contribution < -0.4 is 5.32 Å². The highest BCUT2D eigenvalue weighted by molar-refractivity contribution is 5.96. The molecular weight excluding hydrogens is 206 g/mol. The highest BCUT2D eigenvalue weighted by atomic mass is 16.5. The lowest BCUT2D eigenvalue weighted by molar-refractivity contribution is 0.0526. The molecule has 2 heterocycles. The van der Waals surface area contributed by atoms with Gasteiger partial charge in [-0.3, -0.25) is 0 Å². The minimum absolute atomic E-state index is 0.269. The van der Waals surface area contributed by atoms with E-state index in [4.69, 9.17) is 4.74 Å². The van der Waals surface area contributed by atoms with E-state index in [1.807, 2.05) is 18.5 Å². The number of nitrogens with zero attached hydrogens (tertiary/aromatic N) is 2. The number of hydrogen-bond donors (Lipinski definition) is 1. The highest BCUT2D eigenvalue weighted by Gasteiger charge is 2.25. The number of anilines is 1. The molecule has 0 aliphatic carbocycles. The van der Waals surface area contributed by atoms with Gasteiger partial charge in [-0.25, -0.2) is 9.48 Å². The number of carbonyl (C=O) groups is 1. The van der Waals surface area contributed by atoms with Crippen LogP contribution in [0.15, 0.2) is 0 Å². The van der Waals surface area contributed by atoms with Gasteiger partial charge >= 0.3 is 5.97 Å². The smallest absolute Gasteiger partial charge is 0.343 e. The number of aromatic nitrogens is 2. The zero-order valence-electron chi connectivity index (χ0n) is 9.75. The van der Waals surface area contributed by atoms with Gasteiger partial charge in [0.15, 0.2) is 0 Å². The van der Waals surface area contributed by atoms with E-state index in [-0.39, 0.29) is 5.97 Å². The van der Waals surface area contributed by atoms with Gasteiger partial charge in [-0.15, -0.1) is 0 Å². The third kappa shape index (κ3) is 1.77. The first kappa shape index (κ1) is 11.0. The van der Waals surface area contributed by atoms with Gasteiger partial charge in [-0.2, -0.15) is 5.10 Å². The van der Waals surface area contributed by atoms with E-state index in [1.54, 1.807) is 0 Å². The number of esters is 1. The number of hydrogen-bond acceptors (Lipinski definition) is 4. The number of nitrogens with one attached hydrogen (secondary N) is 1. The summed E-state index contributed by atoms with van der Waals surface area (Å²) in [5, 5.41) is 7.65. The fraction of sp³-hybridized carbons (Fsp3) is 0.636. The molecule has 0 fully saturated rings. The Bertz CT molecular complexity index is 398. The highest BCUT2D eigenvalue weighted by Crippen LogP contribution is 2.24. The van der Waals surface area contributed by atoms with E-state index in [0.717, 1.165) is 37.4 Å². The predicted molar refractivity (Wildman–Crippen MR) is 60.7 cm³/mol. The van der Waals surface area contributed by atoms with E-state index in [1.165, 1.54) is 0 Å². The maximum atomic E-state index is 11.8. The second-order valence-electron chi connectivity index (χ2n) is 3.75. The van der Waals surface area contributed by atoms with Crippen molar-refractivity contribution in [3.05, 3.63) is 11.3 Å². The van der Waals surface area contributed by atoms with Crippen LogP contribution in [0.1, 0.15) is 36.3 Å². The van der Waals surface area contributed by atoms with Crippen LogP contribution in [0.3, 0.4) is 0 Å². The molecule has 1 aliphatic heterocycles. The Morgan fingerprint density at radius 1 is 1.56 bits per heavy atom. The van der Waals surface area contributed by atoms with E-state index in [0.29, 0.717) is 12.2 Å². The van der Waals surface area contributed by atoms with Gasteiger partial charge in [-0.1, -0.05) is 6.92 Å². The molecule has 0 radical (unpaired) electrons. The zero-order valence-corrected chi connectivity index (χ0v) is 9.75. The Labute approximate surface area is 94.8 Å². The minimum Gasteiger partial charge on any atom is -0.462 e. The quantitative estimate of drug-likeness (QED) is 0.788. The molecule has 0 bridgehead atoms. The molecule has 2 rings (SSSR count). The van der Waals surface area contributed by atoms with Crippen molar-refractivity contribution >= 4 is 11.8 Å². The van der Waals surface area contributed by atoms with Gasteiger partial charge in [-0.05, 0) is 19.8 Å². The number of carbonyl (C=O) groups excluding carboxylic acids is 1. The van der Waals surface area contributed by atoms with Gasteiger partial charge in [0.05, 0.1) is 12.3 Å². The van der Waals surface area contributed by atoms with E-state index in [2.05, 4.69) is 10.4 Å². The molecule has 0 atom stereocenters. The summed E-state index contributed by atoms with van der Waals surface area (Å²) in [6, 6.07) is 0. The standard InChI is InChI=1S/C11H17N3O2/c1-3-8-9(11(15)16-4-2)10-12-6-5-7-14(10)13-8/h12H,3-7H2,1-2H3. The van der Waals surface area contributed by atoms with Crippen LogP contribution >= 0.6 is 0 Å². The van der Waals surface area contributed by atoms with Gasteiger partial charge in [0.25, 0.3) is 0 Å². The van der Waals surface area contributed by atoms with E-state index in [9.17, 15) is 4.79 Å². The molecule has 1 aromatic heterocycles. The van der Waals surface area contributed by atoms with Crippen molar-refractivity contribution in [1.29, 1.82) is 0 Å². The van der Waals surface area contributed by atoms with E-state index < -0.39 is 0 Å². The van der Waals surface area contributed by atoms with Crippen molar-refractivity contribution in [2.24, 2.45) is 0 Å². The molecule has 0 saturated heterocycles. The number of fused-ring (bicyclic) bond motifs is 1. The second-order valence-corrected chi connectivity index (χ2v) is 3.75. The molecule has 0 spiro atoms. The minimum atomic E-state index is -0.269. The number of aryl methyl sites for hydroxylation is 2. The fourth-order valence-corrected chi connectivity index (χ4v) is 1.95. The summed E-state index contributed by atoms with van der Waals surface area (Å²) in [7, 11) is 0. The van der Waals surface area contributed by atoms with Gasteiger partial charge in [0, 0.05) is 13.1 Å². The van der Waals surface area contributed by atoms with Crippen LogP contribution in [0.25, 0.3) is 0 Å². The molecule has 0 unspecified atom stereocenters. The molecular formula is C11H17N3O2. The first-order valence-electron chi connectivity index (χ1n) is 5.78. The molecule has 1 aromatic rings. The third-order valence-corrected chi connectivity index (χ3v) is 2.68. The maximum Gasteiger partial charge on any atom is 0.343 e. The summed E-state index contributed by atoms with van der Waals surface area (Å²) in [6.07, 6.45) is 1.79. The summed E-state index contributed by atoms with van der Waals surface area (Å²) in [5.74, 6) is 0.552. The maximum absolute atomic E-state index is 11.8. The molecule has 0 amide bonds. The summed E-state index contributed by atoms with van der Waals surface area (Å²) in [5.41, 5.74) is 1.44. The lowest BCUT2D eigenvalue weighted by atomic mass is 10.2. The molecule has 5 heteroatoms. The predicted octanol–water partition coefficient (Wildman–Crippen LogP) is 1.44. The monoisotopic (exact) mass is 223 g/mol. The lowest BCUT2D eigenvalue weighted by Crippen LogP contribution is -2.19. The second kappa shape index (κ2) is 4.55. The topological polar surface area (TPSA) is 56.1 Å². The summed E-state index contributed by atoms with van der Waals surface area (Å²) in [6.45, 7) is 5.96. The van der Waals surface area contributed by atoms with Gasteiger partial charge in [0.2, 0.25) is 0 Å². The average molecular weight is 223 g/mol.